The summed E-state index contributed by atoms with van der Waals surface area (Å²) in [6, 6.07) is 9.36. The Labute approximate surface area is 134 Å². The predicted octanol–water partition coefficient (Wildman–Crippen LogP) is 2.31. The van der Waals surface area contributed by atoms with Gasteiger partial charge in [0.15, 0.2) is 5.76 Å². The number of aromatic nitrogens is 1. The lowest BCUT2D eigenvalue weighted by atomic mass is 10.2. The quantitative estimate of drug-likeness (QED) is 0.361. The van der Waals surface area contributed by atoms with Gasteiger partial charge in [-0.25, -0.2) is 4.79 Å². The summed E-state index contributed by atoms with van der Waals surface area (Å²) in [7, 11) is -2.89. The summed E-state index contributed by atoms with van der Waals surface area (Å²) >= 11 is 0. The fourth-order valence-corrected chi connectivity index (χ4v) is 2.65. The molecule has 0 unspecified atom stereocenters. The van der Waals surface area contributed by atoms with Gasteiger partial charge in [-0.1, -0.05) is 17.7 Å². The van der Waals surface area contributed by atoms with E-state index in [0.717, 1.165) is 11.6 Å². The van der Waals surface area contributed by atoms with Crippen molar-refractivity contribution in [1.82, 2.24) is 4.98 Å². The number of nitrogens with zero attached hydrogens (tertiary/aromatic N) is 1. The van der Waals surface area contributed by atoms with Crippen molar-refractivity contribution in [2.75, 3.05) is 7.11 Å². The minimum Gasteiger partial charge on any atom is -0.466 e. The van der Waals surface area contributed by atoms with Crippen molar-refractivity contribution in [2.45, 2.75) is 11.8 Å². The number of carbonyl (C=O) groups excluding carboxylic acids is 1. The van der Waals surface area contributed by atoms with Crippen LogP contribution in [0.1, 0.15) is 11.1 Å². The van der Waals surface area contributed by atoms with E-state index in [4.69, 9.17) is 4.18 Å². The van der Waals surface area contributed by atoms with Crippen LogP contribution in [0.15, 0.2) is 59.8 Å². The molecule has 120 valence electrons. The molecule has 0 amide bonds. The van der Waals surface area contributed by atoms with Gasteiger partial charge in [0, 0.05) is 18.0 Å². The predicted molar refractivity (Wildman–Crippen MR) is 83.7 cm³/mol. The van der Waals surface area contributed by atoms with Crippen LogP contribution in [0.5, 0.6) is 0 Å². The molecule has 0 saturated heterocycles. The third-order valence-electron chi connectivity index (χ3n) is 2.91. The largest absolute Gasteiger partial charge is 0.466 e. The fraction of sp³-hybridized carbons (Fsp3) is 0.125. The molecule has 0 fully saturated rings. The highest BCUT2D eigenvalue weighted by atomic mass is 32.2. The van der Waals surface area contributed by atoms with Gasteiger partial charge in [-0.2, -0.15) is 8.42 Å². The first-order valence-electron chi connectivity index (χ1n) is 6.63. The summed E-state index contributed by atoms with van der Waals surface area (Å²) < 4.78 is 34.4. The molecule has 0 bridgehead atoms. The second kappa shape index (κ2) is 7.06. The SMILES string of the molecule is COC(=O)/C=C(\OS(=O)(=O)c1ccc(C)cc1)c1cccnc1. The molecule has 0 spiro atoms. The summed E-state index contributed by atoms with van der Waals surface area (Å²) in [5.74, 6) is -0.895. The average molecular weight is 333 g/mol. The summed E-state index contributed by atoms with van der Waals surface area (Å²) in [4.78, 5) is 15.3. The molecule has 0 aliphatic heterocycles. The lowest BCUT2D eigenvalue weighted by Gasteiger charge is -2.10. The van der Waals surface area contributed by atoms with Crippen LogP contribution in [0.25, 0.3) is 5.76 Å². The van der Waals surface area contributed by atoms with Gasteiger partial charge in [-0.3, -0.25) is 4.98 Å². The molecule has 1 aromatic heterocycles. The van der Waals surface area contributed by atoms with E-state index >= 15 is 0 Å². The van der Waals surface area contributed by atoms with Crippen molar-refractivity contribution in [3.63, 3.8) is 0 Å². The lowest BCUT2D eigenvalue weighted by Crippen LogP contribution is -2.08. The standard InChI is InChI=1S/C16H15NO5S/c1-12-5-7-14(8-6-12)23(19,20)22-15(10-16(18)21-2)13-4-3-9-17-11-13/h3-11H,1-2H3/b15-10-. The molecule has 23 heavy (non-hydrogen) atoms. The van der Waals surface area contributed by atoms with Crippen molar-refractivity contribution >= 4 is 21.8 Å². The number of methoxy groups -OCH3 is 1. The number of benzene rings is 1. The molecule has 0 aliphatic carbocycles. The Balaban J connectivity index is 2.39. The van der Waals surface area contributed by atoms with Crippen LogP contribution < -0.4 is 0 Å². The van der Waals surface area contributed by atoms with Crippen molar-refractivity contribution < 1.29 is 22.1 Å². The van der Waals surface area contributed by atoms with E-state index in [2.05, 4.69) is 9.72 Å². The molecule has 1 heterocycles. The van der Waals surface area contributed by atoms with Gasteiger partial charge in [0.05, 0.1) is 13.2 Å². The second-order valence-corrected chi connectivity index (χ2v) is 6.17. The van der Waals surface area contributed by atoms with Crippen molar-refractivity contribution in [3.05, 3.63) is 66.0 Å². The summed E-state index contributed by atoms with van der Waals surface area (Å²) in [6.07, 6.45) is 3.87. The van der Waals surface area contributed by atoms with Crippen LogP contribution in [-0.2, 0) is 23.8 Å². The molecule has 0 saturated carbocycles. The van der Waals surface area contributed by atoms with E-state index in [0.29, 0.717) is 5.56 Å². The number of pyridine rings is 1. The zero-order valence-electron chi connectivity index (χ0n) is 12.6. The number of esters is 1. The Bertz CT molecular complexity index is 811. The molecule has 2 aromatic rings. The first kappa shape index (κ1) is 16.7. The van der Waals surface area contributed by atoms with E-state index in [1.54, 1.807) is 24.3 Å². The van der Waals surface area contributed by atoms with E-state index in [9.17, 15) is 13.2 Å². The van der Waals surface area contributed by atoms with Crippen LogP contribution in [0.2, 0.25) is 0 Å². The molecule has 0 atom stereocenters. The Morgan fingerprint density at radius 2 is 1.87 bits per heavy atom. The smallest absolute Gasteiger partial charge is 0.339 e. The van der Waals surface area contributed by atoms with Crippen LogP contribution in [-0.4, -0.2) is 26.5 Å². The normalized spacial score (nSPS) is 11.8. The van der Waals surface area contributed by atoms with Gasteiger partial charge in [-0.05, 0) is 31.2 Å². The summed E-state index contributed by atoms with van der Waals surface area (Å²) in [5.41, 5.74) is 1.26. The Hall–Kier alpha value is -2.67. The lowest BCUT2D eigenvalue weighted by molar-refractivity contribution is -0.134. The number of carbonyl (C=O) groups is 1. The first-order valence-corrected chi connectivity index (χ1v) is 8.04. The topological polar surface area (TPSA) is 82.6 Å². The first-order chi connectivity index (χ1) is 10.9. The van der Waals surface area contributed by atoms with E-state index in [1.165, 1.54) is 31.6 Å². The maximum Gasteiger partial charge on any atom is 0.339 e. The highest BCUT2D eigenvalue weighted by Gasteiger charge is 2.20. The zero-order valence-corrected chi connectivity index (χ0v) is 13.4. The van der Waals surface area contributed by atoms with E-state index < -0.39 is 16.1 Å². The second-order valence-electron chi connectivity index (χ2n) is 4.62. The third kappa shape index (κ3) is 4.40. The molecule has 0 aliphatic rings. The van der Waals surface area contributed by atoms with Crippen LogP contribution >= 0.6 is 0 Å². The van der Waals surface area contributed by atoms with Gasteiger partial charge >= 0.3 is 16.1 Å². The fourth-order valence-electron chi connectivity index (χ4n) is 1.70. The summed E-state index contributed by atoms with van der Waals surface area (Å²) in [5, 5.41) is 0. The van der Waals surface area contributed by atoms with E-state index in [-0.39, 0.29) is 10.7 Å². The highest BCUT2D eigenvalue weighted by molar-refractivity contribution is 7.87. The number of rotatable bonds is 5. The van der Waals surface area contributed by atoms with Crippen LogP contribution in [0.4, 0.5) is 0 Å². The molecular formula is C16H15NO5S. The Kier molecular flexibility index (Phi) is 5.13. The molecule has 2 rings (SSSR count). The molecule has 0 N–H and O–H groups in total. The minimum atomic E-state index is -4.08. The van der Waals surface area contributed by atoms with Crippen LogP contribution in [0, 0.1) is 6.92 Å². The van der Waals surface area contributed by atoms with Gasteiger partial charge in [0.1, 0.15) is 4.90 Å². The molecule has 0 radical (unpaired) electrons. The van der Waals surface area contributed by atoms with Gasteiger partial charge in [-0.15, -0.1) is 0 Å². The number of hydrogen-bond donors (Lipinski definition) is 0. The zero-order chi connectivity index (χ0) is 16.9. The number of aryl methyl sites for hydroxylation is 1. The third-order valence-corrected chi connectivity index (χ3v) is 4.15. The van der Waals surface area contributed by atoms with Crippen molar-refractivity contribution in [3.8, 4) is 0 Å². The van der Waals surface area contributed by atoms with Crippen molar-refractivity contribution in [1.29, 1.82) is 0 Å². The van der Waals surface area contributed by atoms with Gasteiger partial charge < -0.3 is 8.92 Å². The average Bonchev–Trinajstić information content (AvgIpc) is 2.55. The number of ether oxygens (including phenoxy) is 1. The maximum atomic E-state index is 12.4. The van der Waals surface area contributed by atoms with Crippen molar-refractivity contribution in [2.24, 2.45) is 0 Å². The minimum absolute atomic E-state index is 0.0113. The van der Waals surface area contributed by atoms with Gasteiger partial charge in [0.25, 0.3) is 0 Å². The Morgan fingerprint density at radius 3 is 2.43 bits per heavy atom. The van der Waals surface area contributed by atoms with E-state index in [1.807, 2.05) is 6.92 Å². The maximum absolute atomic E-state index is 12.4. The van der Waals surface area contributed by atoms with Crippen LogP contribution in [0.3, 0.4) is 0 Å². The molecule has 7 heteroatoms. The highest BCUT2D eigenvalue weighted by Crippen LogP contribution is 2.22. The van der Waals surface area contributed by atoms with Gasteiger partial charge in [0.2, 0.25) is 0 Å². The molecule has 6 nitrogen and oxygen atoms in total. The Morgan fingerprint density at radius 1 is 1.17 bits per heavy atom. The molecular weight excluding hydrogens is 318 g/mol. The molecule has 1 aromatic carbocycles. The summed E-state index contributed by atoms with van der Waals surface area (Å²) in [6.45, 7) is 1.84. The number of hydrogen-bond acceptors (Lipinski definition) is 6. The monoisotopic (exact) mass is 333 g/mol.